The predicted molar refractivity (Wildman–Crippen MR) is 127 cm³/mol. The molecule has 0 aromatic heterocycles. The predicted octanol–water partition coefficient (Wildman–Crippen LogP) is 3.77. The number of primary sulfonamides is 1. The zero-order chi connectivity index (χ0) is 25.9. The fourth-order valence-electron chi connectivity index (χ4n) is 4.82. The lowest BCUT2D eigenvalue weighted by Gasteiger charge is -2.21. The molecule has 0 aliphatic carbocycles. The van der Waals surface area contributed by atoms with Crippen LogP contribution in [0.5, 0.6) is 5.75 Å². The van der Waals surface area contributed by atoms with Crippen molar-refractivity contribution in [2.24, 2.45) is 17.0 Å². The van der Waals surface area contributed by atoms with Crippen LogP contribution in [0.15, 0.2) is 65.7 Å². The molecule has 2 aliphatic rings. The summed E-state index contributed by atoms with van der Waals surface area (Å²) in [5.41, 5.74) is 1.33. The van der Waals surface area contributed by atoms with Crippen LogP contribution in [0.25, 0.3) is 0 Å². The van der Waals surface area contributed by atoms with Crippen molar-refractivity contribution in [3.63, 3.8) is 0 Å². The summed E-state index contributed by atoms with van der Waals surface area (Å²) in [5, 5.41) is 5.12. The number of nitrogens with two attached hydrogens (primary N) is 1. The number of hydrogen-bond acceptors (Lipinski definition) is 5. The van der Waals surface area contributed by atoms with E-state index in [1.54, 1.807) is 12.1 Å². The van der Waals surface area contributed by atoms with Gasteiger partial charge in [0.15, 0.2) is 0 Å². The normalized spacial score (nSPS) is 20.9. The van der Waals surface area contributed by atoms with Crippen molar-refractivity contribution in [2.45, 2.75) is 30.5 Å². The minimum absolute atomic E-state index is 0.0220. The number of alkyl halides is 3. The number of fused-ring (bicyclic) bond motifs is 1. The number of rotatable bonds is 6. The molecule has 2 fully saturated rings. The Kier molecular flexibility index (Phi) is 7.60. The number of ether oxygens (including phenoxy) is 1. The van der Waals surface area contributed by atoms with Crippen molar-refractivity contribution >= 4 is 15.9 Å². The SMILES string of the molecule is NS(=O)(=O)c1ccc(C(=O)N2C[C@H]3CCN(/C=C/Cc4ccc(OC(F)(F)F)cc4)CC[C@H]3C2)cc1. The zero-order valence-electron chi connectivity index (χ0n) is 19.5. The molecule has 11 heteroatoms. The Morgan fingerprint density at radius 2 is 1.58 bits per heavy atom. The molecule has 0 unspecified atom stereocenters. The van der Waals surface area contributed by atoms with Crippen molar-refractivity contribution in [1.82, 2.24) is 9.80 Å². The van der Waals surface area contributed by atoms with Crippen molar-refractivity contribution in [2.75, 3.05) is 26.2 Å². The maximum Gasteiger partial charge on any atom is 0.573 e. The maximum atomic E-state index is 12.9. The summed E-state index contributed by atoms with van der Waals surface area (Å²) in [6, 6.07) is 11.6. The number of carbonyl (C=O) groups is 1. The number of allylic oxidation sites excluding steroid dienone is 1. The van der Waals surface area contributed by atoms with E-state index in [9.17, 15) is 26.4 Å². The van der Waals surface area contributed by atoms with Crippen LogP contribution in [0.3, 0.4) is 0 Å². The van der Waals surface area contributed by atoms with E-state index >= 15 is 0 Å². The summed E-state index contributed by atoms with van der Waals surface area (Å²) in [6.45, 7) is 3.07. The van der Waals surface area contributed by atoms with Gasteiger partial charge in [-0.25, -0.2) is 13.6 Å². The van der Waals surface area contributed by atoms with E-state index in [0.29, 0.717) is 36.9 Å². The molecule has 0 spiro atoms. The van der Waals surface area contributed by atoms with E-state index in [2.05, 4.69) is 9.64 Å². The lowest BCUT2D eigenvalue weighted by atomic mass is 9.92. The summed E-state index contributed by atoms with van der Waals surface area (Å²) in [4.78, 5) is 17.0. The first-order valence-corrected chi connectivity index (χ1v) is 13.2. The lowest BCUT2D eigenvalue weighted by Crippen LogP contribution is -2.30. The Bertz CT molecular complexity index is 1180. The highest BCUT2D eigenvalue weighted by molar-refractivity contribution is 7.89. The maximum absolute atomic E-state index is 12.9. The molecule has 194 valence electrons. The Balaban J connectivity index is 1.26. The second-order valence-electron chi connectivity index (χ2n) is 9.19. The third kappa shape index (κ3) is 6.79. The second kappa shape index (κ2) is 10.5. The highest BCUT2D eigenvalue weighted by Gasteiger charge is 2.36. The van der Waals surface area contributed by atoms with E-state index in [4.69, 9.17) is 5.14 Å². The number of amides is 1. The molecule has 2 aromatic carbocycles. The van der Waals surface area contributed by atoms with Crippen LogP contribution in [0.2, 0.25) is 0 Å². The van der Waals surface area contributed by atoms with E-state index in [0.717, 1.165) is 31.5 Å². The zero-order valence-corrected chi connectivity index (χ0v) is 20.3. The number of nitrogens with zero attached hydrogens (tertiary/aromatic N) is 2. The van der Waals surface area contributed by atoms with Gasteiger partial charge in [-0.2, -0.15) is 0 Å². The van der Waals surface area contributed by atoms with Gasteiger partial charge in [-0.15, -0.1) is 13.2 Å². The molecule has 0 saturated carbocycles. The van der Waals surface area contributed by atoms with Gasteiger partial charge in [0, 0.05) is 31.7 Å². The topological polar surface area (TPSA) is 92.9 Å². The van der Waals surface area contributed by atoms with Gasteiger partial charge in [-0.3, -0.25) is 4.79 Å². The lowest BCUT2D eigenvalue weighted by molar-refractivity contribution is -0.274. The number of halogens is 3. The largest absolute Gasteiger partial charge is 0.573 e. The molecule has 2 atom stereocenters. The van der Waals surface area contributed by atoms with E-state index in [1.807, 2.05) is 17.2 Å². The average molecular weight is 524 g/mol. The van der Waals surface area contributed by atoms with Gasteiger partial charge in [-0.05, 0) is 79.3 Å². The first-order chi connectivity index (χ1) is 17.0. The minimum Gasteiger partial charge on any atom is -0.406 e. The molecule has 1 amide bonds. The summed E-state index contributed by atoms with van der Waals surface area (Å²) in [5.74, 6) is 0.462. The molecule has 2 aliphatic heterocycles. The summed E-state index contributed by atoms with van der Waals surface area (Å²) >= 11 is 0. The number of likely N-dealkylation sites (tertiary alicyclic amines) is 2. The van der Waals surface area contributed by atoms with Gasteiger partial charge in [0.1, 0.15) is 5.75 Å². The number of hydrogen-bond donors (Lipinski definition) is 1. The fourth-order valence-corrected chi connectivity index (χ4v) is 5.33. The monoisotopic (exact) mass is 523 g/mol. The molecule has 2 saturated heterocycles. The van der Waals surface area contributed by atoms with Gasteiger partial charge >= 0.3 is 6.36 Å². The van der Waals surface area contributed by atoms with Crippen molar-refractivity contribution in [1.29, 1.82) is 0 Å². The average Bonchev–Trinajstić information content (AvgIpc) is 3.13. The van der Waals surface area contributed by atoms with Gasteiger partial charge in [0.05, 0.1) is 4.90 Å². The summed E-state index contributed by atoms with van der Waals surface area (Å²) in [7, 11) is -3.80. The second-order valence-corrected chi connectivity index (χ2v) is 10.8. The molecule has 0 bridgehead atoms. The highest BCUT2D eigenvalue weighted by atomic mass is 32.2. The van der Waals surface area contributed by atoms with Crippen molar-refractivity contribution < 1.29 is 31.1 Å². The molecular weight excluding hydrogens is 495 g/mol. The standard InChI is InChI=1S/C25H28F3N3O4S/c26-25(27,28)35-22-7-3-18(4-8-22)2-1-13-30-14-11-20-16-31(17-21(20)12-15-30)24(32)19-5-9-23(10-6-19)36(29,33)34/h1,3-10,13,20-21H,2,11-12,14-17H2,(H2,29,33,34)/b13-1+/t20-,21+. The Morgan fingerprint density at radius 1 is 1.00 bits per heavy atom. The molecule has 2 heterocycles. The number of benzene rings is 2. The quantitative estimate of drug-likeness (QED) is 0.622. The van der Waals surface area contributed by atoms with Gasteiger partial charge in [-0.1, -0.05) is 18.2 Å². The van der Waals surface area contributed by atoms with Gasteiger partial charge in [0.2, 0.25) is 10.0 Å². The van der Waals surface area contributed by atoms with Crippen LogP contribution < -0.4 is 9.88 Å². The van der Waals surface area contributed by atoms with Crippen LogP contribution in [0.4, 0.5) is 13.2 Å². The van der Waals surface area contributed by atoms with E-state index in [1.165, 1.54) is 36.4 Å². The van der Waals surface area contributed by atoms with Gasteiger partial charge < -0.3 is 14.5 Å². The smallest absolute Gasteiger partial charge is 0.406 e. The molecule has 2 aromatic rings. The fraction of sp³-hybridized carbons (Fsp3) is 0.400. The number of carbonyl (C=O) groups excluding carboxylic acids is 1. The van der Waals surface area contributed by atoms with Crippen molar-refractivity contribution in [3.8, 4) is 5.75 Å². The summed E-state index contributed by atoms with van der Waals surface area (Å²) < 4.78 is 63.6. The minimum atomic E-state index is -4.70. The molecule has 36 heavy (non-hydrogen) atoms. The van der Waals surface area contributed by atoms with Crippen LogP contribution in [0, 0.1) is 11.8 Å². The third-order valence-electron chi connectivity index (χ3n) is 6.69. The Morgan fingerprint density at radius 3 is 2.11 bits per heavy atom. The van der Waals surface area contributed by atoms with Crippen LogP contribution in [-0.4, -0.2) is 56.7 Å². The Hall–Kier alpha value is -3.05. The van der Waals surface area contributed by atoms with E-state index in [-0.39, 0.29) is 16.6 Å². The molecule has 2 N–H and O–H groups in total. The number of sulfonamides is 1. The first-order valence-electron chi connectivity index (χ1n) is 11.7. The highest BCUT2D eigenvalue weighted by Crippen LogP contribution is 2.33. The summed E-state index contributed by atoms with van der Waals surface area (Å²) in [6.07, 6.45) is 1.85. The molecule has 0 radical (unpaired) electrons. The Labute approximate surface area is 208 Å². The van der Waals surface area contributed by atoms with Crippen molar-refractivity contribution in [3.05, 3.63) is 71.9 Å². The third-order valence-corrected chi connectivity index (χ3v) is 7.62. The van der Waals surface area contributed by atoms with Gasteiger partial charge in [0.25, 0.3) is 5.91 Å². The molecule has 4 rings (SSSR count). The van der Waals surface area contributed by atoms with Crippen LogP contribution in [-0.2, 0) is 16.4 Å². The molecular formula is C25H28F3N3O4S. The first kappa shape index (κ1) is 26.0. The molecule has 7 nitrogen and oxygen atoms in total. The van der Waals surface area contributed by atoms with Crippen LogP contribution in [0.1, 0.15) is 28.8 Å². The van der Waals surface area contributed by atoms with Crippen LogP contribution >= 0.6 is 0 Å². The van der Waals surface area contributed by atoms with E-state index < -0.39 is 16.4 Å².